The Balaban J connectivity index is 1.67. The summed E-state index contributed by atoms with van der Waals surface area (Å²) in [7, 11) is 3.21. The van der Waals surface area contributed by atoms with Crippen LogP contribution in [0.3, 0.4) is 0 Å². The number of nitrogens with zero attached hydrogens (tertiary/aromatic N) is 1. The summed E-state index contributed by atoms with van der Waals surface area (Å²) in [6, 6.07) is 20.3. The topological polar surface area (TPSA) is 80.6 Å². The van der Waals surface area contributed by atoms with E-state index in [1.54, 1.807) is 44.6 Å². The molecule has 0 unspecified atom stereocenters. The number of anilines is 1. The van der Waals surface area contributed by atoms with Gasteiger partial charge in [0.15, 0.2) is 0 Å². The van der Waals surface area contributed by atoms with Gasteiger partial charge in [-0.05, 0) is 79.1 Å². The second-order valence-electron chi connectivity index (χ2n) is 7.46. The summed E-state index contributed by atoms with van der Waals surface area (Å²) in [5, 5.41) is 12.2. The van der Waals surface area contributed by atoms with Crippen LogP contribution in [0.4, 0.5) is 5.69 Å². The lowest BCUT2D eigenvalue weighted by Gasteiger charge is -2.12. The standard InChI is InChI=1S/C27H26N2O4/c1-18-5-8-23(13-19(18)2)29-27(30)21(16-28)14-20-6-9-24(10-7-20)33-17-22-15-25(31-3)11-12-26(22)32-4/h5-15H,17H2,1-4H3,(H,29,30)/b21-14+. The van der Waals surface area contributed by atoms with Crippen LogP contribution < -0.4 is 19.5 Å². The minimum atomic E-state index is -0.453. The third kappa shape index (κ3) is 6.14. The summed E-state index contributed by atoms with van der Waals surface area (Å²) >= 11 is 0. The second kappa shape index (κ2) is 10.9. The van der Waals surface area contributed by atoms with Crippen molar-refractivity contribution >= 4 is 17.7 Å². The molecule has 0 aliphatic rings. The monoisotopic (exact) mass is 442 g/mol. The molecule has 0 atom stereocenters. The van der Waals surface area contributed by atoms with Crippen LogP contribution in [0.5, 0.6) is 17.2 Å². The van der Waals surface area contributed by atoms with E-state index < -0.39 is 5.91 Å². The molecule has 0 aliphatic carbocycles. The van der Waals surface area contributed by atoms with E-state index in [2.05, 4.69) is 5.32 Å². The first-order valence-corrected chi connectivity index (χ1v) is 10.4. The number of nitriles is 1. The van der Waals surface area contributed by atoms with Gasteiger partial charge >= 0.3 is 0 Å². The zero-order valence-corrected chi connectivity index (χ0v) is 19.1. The number of hydrogen-bond acceptors (Lipinski definition) is 5. The highest BCUT2D eigenvalue weighted by Crippen LogP contribution is 2.26. The van der Waals surface area contributed by atoms with Crippen molar-refractivity contribution in [2.24, 2.45) is 0 Å². The molecule has 6 nitrogen and oxygen atoms in total. The largest absolute Gasteiger partial charge is 0.497 e. The van der Waals surface area contributed by atoms with Gasteiger partial charge in [-0.15, -0.1) is 0 Å². The zero-order chi connectivity index (χ0) is 23.8. The van der Waals surface area contributed by atoms with E-state index in [1.165, 1.54) is 0 Å². The molecule has 0 radical (unpaired) electrons. The average Bonchev–Trinajstić information content (AvgIpc) is 2.83. The van der Waals surface area contributed by atoms with Crippen molar-refractivity contribution in [2.75, 3.05) is 19.5 Å². The number of rotatable bonds is 8. The predicted octanol–water partition coefficient (Wildman–Crippen LogP) is 5.45. The van der Waals surface area contributed by atoms with Crippen LogP contribution in [0, 0.1) is 25.2 Å². The van der Waals surface area contributed by atoms with Crippen LogP contribution in [0.2, 0.25) is 0 Å². The average molecular weight is 443 g/mol. The van der Waals surface area contributed by atoms with Gasteiger partial charge in [0.1, 0.15) is 35.5 Å². The number of carbonyl (C=O) groups is 1. The molecule has 3 rings (SSSR count). The van der Waals surface area contributed by atoms with Crippen molar-refractivity contribution in [3.05, 3.63) is 88.5 Å². The number of aryl methyl sites for hydroxylation is 2. The maximum atomic E-state index is 12.5. The zero-order valence-electron chi connectivity index (χ0n) is 19.1. The van der Waals surface area contributed by atoms with Crippen molar-refractivity contribution < 1.29 is 19.0 Å². The summed E-state index contributed by atoms with van der Waals surface area (Å²) in [6.45, 7) is 4.28. The lowest BCUT2D eigenvalue weighted by atomic mass is 10.1. The molecule has 0 spiro atoms. The fourth-order valence-corrected chi connectivity index (χ4v) is 3.15. The number of amides is 1. The molecule has 33 heavy (non-hydrogen) atoms. The fraction of sp³-hybridized carbons (Fsp3) is 0.185. The highest BCUT2D eigenvalue weighted by Gasteiger charge is 2.11. The van der Waals surface area contributed by atoms with Crippen molar-refractivity contribution in [1.29, 1.82) is 5.26 Å². The number of benzene rings is 3. The van der Waals surface area contributed by atoms with E-state index in [4.69, 9.17) is 14.2 Å². The van der Waals surface area contributed by atoms with Gasteiger partial charge < -0.3 is 19.5 Å². The summed E-state index contributed by atoms with van der Waals surface area (Å²) < 4.78 is 16.5. The van der Waals surface area contributed by atoms with Crippen LogP contribution in [0.15, 0.2) is 66.2 Å². The van der Waals surface area contributed by atoms with E-state index in [1.807, 2.05) is 56.3 Å². The quantitative estimate of drug-likeness (QED) is 0.371. The van der Waals surface area contributed by atoms with Crippen LogP contribution >= 0.6 is 0 Å². The molecule has 1 N–H and O–H groups in total. The maximum absolute atomic E-state index is 12.5. The predicted molar refractivity (Wildman–Crippen MR) is 128 cm³/mol. The highest BCUT2D eigenvalue weighted by molar-refractivity contribution is 6.09. The van der Waals surface area contributed by atoms with Gasteiger partial charge in [0.2, 0.25) is 0 Å². The molecule has 0 saturated carbocycles. The molecule has 0 heterocycles. The first-order valence-electron chi connectivity index (χ1n) is 10.4. The lowest BCUT2D eigenvalue weighted by molar-refractivity contribution is -0.112. The van der Waals surface area contributed by atoms with E-state index in [-0.39, 0.29) is 5.57 Å². The van der Waals surface area contributed by atoms with Crippen LogP contribution in [-0.4, -0.2) is 20.1 Å². The summed E-state index contributed by atoms with van der Waals surface area (Å²) in [6.07, 6.45) is 1.55. The highest BCUT2D eigenvalue weighted by atomic mass is 16.5. The van der Waals surface area contributed by atoms with Crippen LogP contribution in [0.25, 0.3) is 6.08 Å². The molecule has 0 bridgehead atoms. The Morgan fingerprint density at radius 2 is 1.67 bits per heavy atom. The molecular formula is C27H26N2O4. The van der Waals surface area contributed by atoms with E-state index in [0.29, 0.717) is 29.4 Å². The Morgan fingerprint density at radius 1 is 0.939 bits per heavy atom. The maximum Gasteiger partial charge on any atom is 0.266 e. The number of methoxy groups -OCH3 is 2. The number of hydrogen-bond donors (Lipinski definition) is 1. The Labute approximate surface area is 194 Å². The van der Waals surface area contributed by atoms with Crippen LogP contribution in [0.1, 0.15) is 22.3 Å². The van der Waals surface area contributed by atoms with Gasteiger partial charge in [-0.1, -0.05) is 18.2 Å². The Kier molecular flexibility index (Phi) is 7.72. The Morgan fingerprint density at radius 3 is 2.30 bits per heavy atom. The normalized spacial score (nSPS) is 10.8. The Hall–Kier alpha value is -4.24. The Bertz CT molecular complexity index is 1210. The molecule has 168 valence electrons. The molecule has 3 aromatic carbocycles. The summed E-state index contributed by atoms with van der Waals surface area (Å²) in [5.74, 6) is 1.63. The molecule has 0 fully saturated rings. The molecule has 0 saturated heterocycles. The molecular weight excluding hydrogens is 416 g/mol. The lowest BCUT2D eigenvalue weighted by Crippen LogP contribution is -2.13. The summed E-state index contributed by atoms with van der Waals surface area (Å²) in [4.78, 5) is 12.5. The molecule has 1 amide bonds. The van der Waals surface area contributed by atoms with Crippen molar-refractivity contribution in [3.8, 4) is 23.3 Å². The minimum absolute atomic E-state index is 0.0167. The first-order chi connectivity index (χ1) is 15.9. The third-order valence-corrected chi connectivity index (χ3v) is 5.20. The second-order valence-corrected chi connectivity index (χ2v) is 7.46. The molecule has 3 aromatic rings. The number of nitrogens with one attached hydrogen (secondary N) is 1. The van der Waals surface area contributed by atoms with E-state index in [0.717, 1.165) is 22.4 Å². The number of ether oxygens (including phenoxy) is 3. The van der Waals surface area contributed by atoms with E-state index >= 15 is 0 Å². The van der Waals surface area contributed by atoms with Crippen LogP contribution in [-0.2, 0) is 11.4 Å². The van der Waals surface area contributed by atoms with Gasteiger partial charge in [-0.25, -0.2) is 0 Å². The molecule has 0 aliphatic heterocycles. The number of carbonyl (C=O) groups excluding carboxylic acids is 1. The van der Waals surface area contributed by atoms with Gasteiger partial charge in [-0.2, -0.15) is 5.26 Å². The smallest absolute Gasteiger partial charge is 0.266 e. The van der Waals surface area contributed by atoms with Gasteiger partial charge in [0.25, 0.3) is 5.91 Å². The van der Waals surface area contributed by atoms with Crippen molar-refractivity contribution in [3.63, 3.8) is 0 Å². The molecule has 0 aromatic heterocycles. The third-order valence-electron chi connectivity index (χ3n) is 5.20. The van der Waals surface area contributed by atoms with E-state index in [9.17, 15) is 10.1 Å². The van der Waals surface area contributed by atoms with Gasteiger partial charge in [-0.3, -0.25) is 4.79 Å². The van der Waals surface area contributed by atoms with Gasteiger partial charge in [0, 0.05) is 11.3 Å². The summed E-state index contributed by atoms with van der Waals surface area (Å²) in [5.41, 5.74) is 4.45. The first kappa shape index (κ1) is 23.4. The SMILES string of the molecule is COc1ccc(OC)c(COc2ccc(/C=C(\C#N)C(=O)Nc3ccc(C)c(C)c3)cc2)c1. The van der Waals surface area contributed by atoms with Crippen molar-refractivity contribution in [1.82, 2.24) is 0 Å². The van der Waals surface area contributed by atoms with Crippen molar-refractivity contribution in [2.45, 2.75) is 20.5 Å². The molecule has 6 heteroatoms. The van der Waals surface area contributed by atoms with Gasteiger partial charge in [0.05, 0.1) is 14.2 Å². The minimum Gasteiger partial charge on any atom is -0.497 e. The fourth-order valence-electron chi connectivity index (χ4n) is 3.15.